The predicted molar refractivity (Wildman–Crippen MR) is 126 cm³/mol. The Balaban J connectivity index is 1.66. The van der Waals surface area contributed by atoms with Crippen LogP contribution in [0.2, 0.25) is 0 Å². The standard InChI is InChI=1S/C28H20N2/c1-3-11-21(12-4-1)29-19-25(23-15-7-9-17-27(23)29)26-20-30(22-13-5-2-6-14-22)28-18-10-8-16-24(26)28/h1-20H. The molecular formula is C28H20N2. The Labute approximate surface area is 175 Å². The van der Waals surface area contributed by atoms with Crippen molar-refractivity contribution in [3.05, 3.63) is 122 Å². The molecule has 2 nitrogen and oxygen atoms in total. The van der Waals surface area contributed by atoms with Crippen LogP contribution in [0.4, 0.5) is 0 Å². The lowest BCUT2D eigenvalue weighted by Gasteiger charge is -2.04. The van der Waals surface area contributed by atoms with Crippen molar-refractivity contribution in [2.75, 3.05) is 0 Å². The Morgan fingerprint density at radius 3 is 1.17 bits per heavy atom. The fourth-order valence-corrected chi connectivity index (χ4v) is 4.39. The molecule has 2 aromatic heterocycles. The Morgan fingerprint density at radius 1 is 0.367 bits per heavy atom. The number of fused-ring (bicyclic) bond motifs is 2. The van der Waals surface area contributed by atoms with E-state index >= 15 is 0 Å². The summed E-state index contributed by atoms with van der Waals surface area (Å²) in [7, 11) is 0. The van der Waals surface area contributed by atoms with Crippen LogP contribution in [0.3, 0.4) is 0 Å². The van der Waals surface area contributed by atoms with E-state index in [9.17, 15) is 0 Å². The van der Waals surface area contributed by atoms with Crippen molar-refractivity contribution < 1.29 is 0 Å². The molecule has 0 N–H and O–H groups in total. The number of rotatable bonds is 3. The van der Waals surface area contributed by atoms with Gasteiger partial charge < -0.3 is 9.13 Å². The minimum Gasteiger partial charge on any atom is -0.316 e. The van der Waals surface area contributed by atoms with Gasteiger partial charge in [0.05, 0.1) is 11.0 Å². The third-order valence-electron chi connectivity index (χ3n) is 5.78. The van der Waals surface area contributed by atoms with Gasteiger partial charge in [-0.25, -0.2) is 0 Å². The largest absolute Gasteiger partial charge is 0.316 e. The van der Waals surface area contributed by atoms with Crippen LogP contribution < -0.4 is 0 Å². The first-order chi connectivity index (χ1) is 14.9. The second-order valence-electron chi connectivity index (χ2n) is 7.53. The van der Waals surface area contributed by atoms with E-state index < -0.39 is 0 Å². The molecule has 0 amide bonds. The lowest BCUT2D eigenvalue weighted by molar-refractivity contribution is 1.12. The summed E-state index contributed by atoms with van der Waals surface area (Å²) in [6, 6.07) is 38.4. The maximum Gasteiger partial charge on any atom is 0.0534 e. The van der Waals surface area contributed by atoms with E-state index in [1.54, 1.807) is 0 Å². The van der Waals surface area contributed by atoms with Gasteiger partial charge in [-0.15, -0.1) is 0 Å². The molecule has 0 saturated heterocycles. The highest BCUT2D eigenvalue weighted by molar-refractivity contribution is 6.06. The topological polar surface area (TPSA) is 9.86 Å². The molecule has 6 rings (SSSR count). The molecule has 0 saturated carbocycles. The summed E-state index contributed by atoms with van der Waals surface area (Å²) in [6.45, 7) is 0. The van der Waals surface area contributed by atoms with Crippen LogP contribution in [0.1, 0.15) is 0 Å². The summed E-state index contributed by atoms with van der Waals surface area (Å²) >= 11 is 0. The highest BCUT2D eigenvalue weighted by Gasteiger charge is 2.16. The van der Waals surface area contributed by atoms with Crippen molar-refractivity contribution in [2.45, 2.75) is 0 Å². The second-order valence-corrected chi connectivity index (χ2v) is 7.53. The number of hydrogen-bond donors (Lipinski definition) is 0. The zero-order chi connectivity index (χ0) is 19.9. The molecule has 0 spiro atoms. The van der Waals surface area contributed by atoms with Gasteiger partial charge >= 0.3 is 0 Å². The average molecular weight is 384 g/mol. The van der Waals surface area contributed by atoms with E-state index in [-0.39, 0.29) is 0 Å². The second kappa shape index (κ2) is 6.78. The maximum atomic E-state index is 2.29. The quantitative estimate of drug-likeness (QED) is 0.304. The lowest BCUT2D eigenvalue weighted by Crippen LogP contribution is -1.90. The van der Waals surface area contributed by atoms with E-state index in [4.69, 9.17) is 0 Å². The van der Waals surface area contributed by atoms with Gasteiger partial charge in [-0.3, -0.25) is 0 Å². The third-order valence-corrected chi connectivity index (χ3v) is 5.78. The molecule has 0 aliphatic rings. The first-order valence-corrected chi connectivity index (χ1v) is 10.2. The monoisotopic (exact) mass is 384 g/mol. The number of hydrogen-bond acceptors (Lipinski definition) is 0. The van der Waals surface area contributed by atoms with Gasteiger partial charge in [0, 0.05) is 45.7 Å². The smallest absolute Gasteiger partial charge is 0.0534 e. The number of para-hydroxylation sites is 4. The van der Waals surface area contributed by atoms with Gasteiger partial charge in [0.1, 0.15) is 0 Å². The Hall–Kier alpha value is -4.04. The van der Waals surface area contributed by atoms with Crippen molar-refractivity contribution in [2.24, 2.45) is 0 Å². The molecular weight excluding hydrogens is 364 g/mol. The summed E-state index contributed by atoms with van der Waals surface area (Å²) in [5, 5.41) is 2.52. The normalized spacial score (nSPS) is 11.3. The minimum absolute atomic E-state index is 1.17. The Morgan fingerprint density at radius 2 is 0.733 bits per heavy atom. The zero-order valence-electron chi connectivity index (χ0n) is 16.4. The summed E-state index contributed by atoms with van der Waals surface area (Å²) in [5.74, 6) is 0. The van der Waals surface area contributed by atoms with Gasteiger partial charge in [0.15, 0.2) is 0 Å². The van der Waals surface area contributed by atoms with E-state index in [1.807, 2.05) is 0 Å². The van der Waals surface area contributed by atoms with Crippen molar-refractivity contribution in [3.63, 3.8) is 0 Å². The molecule has 0 fully saturated rings. The molecule has 0 aliphatic carbocycles. The van der Waals surface area contributed by atoms with Crippen molar-refractivity contribution >= 4 is 21.8 Å². The molecule has 142 valence electrons. The van der Waals surface area contributed by atoms with Gasteiger partial charge in [-0.2, -0.15) is 0 Å². The molecule has 30 heavy (non-hydrogen) atoms. The van der Waals surface area contributed by atoms with Crippen LogP contribution >= 0.6 is 0 Å². The summed E-state index contributed by atoms with van der Waals surface area (Å²) in [4.78, 5) is 0. The van der Waals surface area contributed by atoms with Gasteiger partial charge in [-0.05, 0) is 36.4 Å². The molecule has 0 unspecified atom stereocenters. The summed E-state index contributed by atoms with van der Waals surface area (Å²) in [6.07, 6.45) is 4.55. The minimum atomic E-state index is 1.17. The zero-order valence-corrected chi connectivity index (χ0v) is 16.4. The third kappa shape index (κ3) is 2.58. The van der Waals surface area contributed by atoms with Crippen LogP contribution in [-0.2, 0) is 0 Å². The average Bonchev–Trinajstić information content (AvgIpc) is 3.39. The van der Waals surface area contributed by atoms with Crippen LogP contribution in [-0.4, -0.2) is 9.13 Å². The first-order valence-electron chi connectivity index (χ1n) is 10.2. The predicted octanol–water partition coefficient (Wildman–Crippen LogP) is 7.24. The molecule has 0 bridgehead atoms. The van der Waals surface area contributed by atoms with Crippen molar-refractivity contribution in [3.8, 4) is 22.5 Å². The lowest BCUT2D eigenvalue weighted by atomic mass is 10.0. The van der Waals surface area contributed by atoms with Crippen LogP contribution in [0.5, 0.6) is 0 Å². The molecule has 2 heterocycles. The van der Waals surface area contributed by atoms with Crippen molar-refractivity contribution in [1.82, 2.24) is 9.13 Å². The highest BCUT2D eigenvalue weighted by atomic mass is 15.0. The van der Waals surface area contributed by atoms with Crippen LogP contribution in [0.15, 0.2) is 122 Å². The van der Waals surface area contributed by atoms with E-state index in [2.05, 4.69) is 131 Å². The molecule has 4 aromatic carbocycles. The van der Waals surface area contributed by atoms with Gasteiger partial charge in [0.25, 0.3) is 0 Å². The number of benzene rings is 4. The summed E-state index contributed by atoms with van der Waals surface area (Å²) < 4.78 is 4.58. The van der Waals surface area contributed by atoms with E-state index in [1.165, 1.54) is 44.3 Å². The molecule has 2 heteroatoms. The Kier molecular flexibility index (Phi) is 3.82. The molecule has 0 aliphatic heterocycles. The molecule has 0 atom stereocenters. The molecule has 6 aromatic rings. The van der Waals surface area contributed by atoms with Crippen LogP contribution in [0, 0.1) is 0 Å². The van der Waals surface area contributed by atoms with Crippen LogP contribution in [0.25, 0.3) is 44.3 Å². The summed E-state index contributed by atoms with van der Waals surface area (Å²) in [5.41, 5.74) is 7.28. The van der Waals surface area contributed by atoms with Crippen molar-refractivity contribution in [1.29, 1.82) is 0 Å². The molecule has 0 radical (unpaired) electrons. The Bertz CT molecular complexity index is 1360. The SMILES string of the molecule is c1ccc(-n2cc(-c3cn(-c4ccccc4)c4ccccc34)c3ccccc32)cc1. The highest BCUT2D eigenvalue weighted by Crippen LogP contribution is 2.38. The van der Waals surface area contributed by atoms with E-state index in [0.29, 0.717) is 0 Å². The van der Waals surface area contributed by atoms with E-state index in [0.717, 1.165) is 0 Å². The van der Waals surface area contributed by atoms with Gasteiger partial charge in [-0.1, -0.05) is 72.8 Å². The van der Waals surface area contributed by atoms with Gasteiger partial charge in [0.2, 0.25) is 0 Å². The maximum absolute atomic E-state index is 2.29. The first kappa shape index (κ1) is 16.9. The fourth-order valence-electron chi connectivity index (χ4n) is 4.39. The number of aromatic nitrogens is 2. The fraction of sp³-hybridized carbons (Fsp3) is 0. The number of nitrogens with zero attached hydrogens (tertiary/aromatic N) is 2.